The molecule has 18 heavy (non-hydrogen) atoms. The van der Waals surface area contributed by atoms with Crippen LogP contribution in [0.1, 0.15) is 19.8 Å². The van der Waals surface area contributed by atoms with Gasteiger partial charge in [0.1, 0.15) is 12.2 Å². The van der Waals surface area contributed by atoms with Crippen LogP contribution in [0.2, 0.25) is 0 Å². The van der Waals surface area contributed by atoms with Crippen molar-refractivity contribution in [3.8, 4) is 0 Å². The fourth-order valence-corrected chi connectivity index (χ4v) is 0.564. The summed E-state index contributed by atoms with van der Waals surface area (Å²) >= 11 is 0. The zero-order valence-corrected chi connectivity index (χ0v) is 10.7. The Bertz CT molecular complexity index is 249. The van der Waals surface area contributed by atoms with E-state index in [2.05, 4.69) is 4.74 Å². The van der Waals surface area contributed by atoms with E-state index in [0.717, 1.165) is 6.42 Å². The second-order valence-corrected chi connectivity index (χ2v) is 2.85. The van der Waals surface area contributed by atoms with Gasteiger partial charge in [-0.1, -0.05) is 6.92 Å². The molecule has 2 atom stereocenters. The van der Waals surface area contributed by atoms with Crippen molar-refractivity contribution in [2.24, 2.45) is 0 Å². The molecule has 0 aromatic heterocycles. The maximum Gasteiger partial charge on any atom is 2.00 e. The number of aliphatic carboxylic acids is 2. The summed E-state index contributed by atoms with van der Waals surface area (Å²) in [5.74, 6) is -4.24. The van der Waals surface area contributed by atoms with E-state index < -0.39 is 24.1 Å². The number of rotatable bonds is 5. The third-order valence-electron chi connectivity index (χ3n) is 1.46. The molecule has 0 heterocycles. The minimum atomic E-state index is -2.44. The molecule has 0 aliphatic rings. The quantitative estimate of drug-likeness (QED) is 0.387. The summed E-state index contributed by atoms with van der Waals surface area (Å²) in [4.78, 5) is 29.5. The Morgan fingerprint density at radius 1 is 1.11 bits per heavy atom. The summed E-state index contributed by atoms with van der Waals surface area (Å²) in [6.45, 7) is 1.94. The molecule has 2 N–H and O–H groups in total. The molecule has 9 heteroatoms. The van der Waals surface area contributed by atoms with Gasteiger partial charge in [-0.05, 0) is 6.42 Å². The number of carbonyl (C=O) groups excluding carboxylic acids is 3. The first-order chi connectivity index (χ1) is 7.77. The average molecular weight is 314 g/mol. The maximum absolute atomic E-state index is 10.2. The molecule has 0 aromatic rings. The fourth-order valence-electron chi connectivity index (χ4n) is 0.564. The van der Waals surface area contributed by atoms with E-state index in [-0.39, 0.29) is 23.0 Å². The molecule has 0 aliphatic carbocycles. The van der Waals surface area contributed by atoms with E-state index in [1.165, 1.54) is 7.11 Å². The van der Waals surface area contributed by atoms with Crippen molar-refractivity contribution in [1.82, 2.24) is 0 Å². The van der Waals surface area contributed by atoms with Crippen LogP contribution in [0, 0.1) is 0 Å². The number of hydrogen-bond acceptors (Lipinski definition) is 8. The van der Waals surface area contributed by atoms with Crippen LogP contribution in [0.25, 0.3) is 0 Å². The largest absolute Gasteiger partial charge is 2.00 e. The van der Waals surface area contributed by atoms with Crippen molar-refractivity contribution >= 4 is 17.9 Å². The first-order valence-electron chi connectivity index (χ1n) is 4.62. The molecule has 109 valence electrons. The van der Waals surface area contributed by atoms with Gasteiger partial charge in [-0.25, -0.2) is 0 Å². The van der Waals surface area contributed by atoms with Crippen molar-refractivity contribution < 1.29 is 56.6 Å². The van der Waals surface area contributed by atoms with E-state index in [4.69, 9.17) is 10.2 Å². The normalized spacial score (nSPS) is 12.0. The first-order valence-corrected chi connectivity index (χ1v) is 4.62. The number of esters is 1. The smallest absolute Gasteiger partial charge is 0.547 e. The Morgan fingerprint density at radius 2 is 1.44 bits per heavy atom. The number of carboxylic acid groups (broad SMARTS) is 2. The third-order valence-corrected chi connectivity index (χ3v) is 1.46. The minimum absolute atomic E-state index is 0. The topological polar surface area (TPSA) is 147 Å². The summed E-state index contributed by atoms with van der Waals surface area (Å²) in [6.07, 6.45) is -3.47. The number of aliphatic hydroxyl groups is 2. The van der Waals surface area contributed by atoms with E-state index >= 15 is 0 Å². The van der Waals surface area contributed by atoms with Gasteiger partial charge in [0, 0.05) is 6.42 Å². The van der Waals surface area contributed by atoms with Crippen molar-refractivity contribution in [1.29, 1.82) is 0 Å². The van der Waals surface area contributed by atoms with Crippen LogP contribution in [0.4, 0.5) is 0 Å². The third kappa shape index (κ3) is 11.3. The van der Waals surface area contributed by atoms with E-state index in [9.17, 15) is 24.6 Å². The summed E-state index contributed by atoms with van der Waals surface area (Å²) in [7, 11) is 1.40. The molecule has 0 bridgehead atoms. The molecule has 8 nitrogen and oxygen atoms in total. The van der Waals surface area contributed by atoms with E-state index in [1.807, 2.05) is 6.92 Å². The predicted molar refractivity (Wildman–Crippen MR) is 49.0 cm³/mol. The van der Waals surface area contributed by atoms with Gasteiger partial charge in [0.05, 0.1) is 19.0 Å². The van der Waals surface area contributed by atoms with Crippen molar-refractivity contribution in [2.75, 3.05) is 7.11 Å². The molecule has 2 unspecified atom stereocenters. The summed E-state index contributed by atoms with van der Waals surface area (Å²) in [5, 5.41) is 35.7. The van der Waals surface area contributed by atoms with Crippen LogP contribution in [0.5, 0.6) is 0 Å². The molecule has 0 saturated heterocycles. The van der Waals surface area contributed by atoms with Gasteiger partial charge in [-0.15, -0.1) is 0 Å². The molecule has 0 rings (SSSR count). The van der Waals surface area contributed by atoms with Gasteiger partial charge in [0.15, 0.2) is 0 Å². The Hall–Kier alpha value is -1.15. The van der Waals surface area contributed by atoms with Crippen LogP contribution in [-0.4, -0.2) is 47.4 Å². The fraction of sp³-hybridized carbons (Fsp3) is 0.667. The monoisotopic (exact) mass is 313 g/mol. The number of ether oxygens (including phenoxy) is 1. The maximum atomic E-state index is 10.2. The number of aliphatic hydroxyl groups excluding tert-OH is 2. The number of carboxylic acids is 2. The first kappa shape index (κ1) is 22.1. The number of carbonyl (C=O) groups is 3. The van der Waals surface area contributed by atoms with Crippen LogP contribution >= 0.6 is 0 Å². The van der Waals surface area contributed by atoms with Crippen LogP contribution in [-0.2, 0) is 36.2 Å². The zero-order valence-electron chi connectivity index (χ0n) is 9.71. The molecule has 0 aromatic carbocycles. The van der Waals surface area contributed by atoms with Crippen LogP contribution < -0.4 is 10.2 Å². The Kier molecular flexibility index (Phi) is 15.1. The van der Waals surface area contributed by atoms with Crippen LogP contribution in [0.15, 0.2) is 0 Å². The van der Waals surface area contributed by atoms with Gasteiger partial charge in [-0.3, -0.25) is 4.79 Å². The van der Waals surface area contributed by atoms with Crippen LogP contribution in [0.3, 0.4) is 0 Å². The standard InChI is InChI=1S/C5H10O2.C4H6O6.Cu/c1-3-4-5(6)7-2;5-1(3(7)8)2(6)4(9)10;/h3-4H2,1-2H3;1-2,5-6H,(H,7,8)(H,9,10);/q;;+2/p-2. The van der Waals surface area contributed by atoms with E-state index in [1.54, 1.807) is 0 Å². The molecule has 0 aliphatic heterocycles. The molecule has 0 fully saturated rings. The second-order valence-electron chi connectivity index (χ2n) is 2.85. The van der Waals surface area contributed by atoms with Crippen molar-refractivity contribution in [2.45, 2.75) is 32.0 Å². The molecule has 0 saturated carbocycles. The second kappa shape index (κ2) is 12.3. The Balaban J connectivity index is -0.000000251. The number of methoxy groups -OCH3 is 1. The summed E-state index contributed by atoms with van der Waals surface area (Å²) in [5.41, 5.74) is 0. The predicted octanol–water partition coefficient (Wildman–Crippen LogP) is -3.83. The summed E-state index contributed by atoms with van der Waals surface area (Å²) in [6, 6.07) is 0. The Morgan fingerprint density at radius 3 is 1.56 bits per heavy atom. The summed E-state index contributed by atoms with van der Waals surface area (Å²) < 4.78 is 4.35. The van der Waals surface area contributed by atoms with Gasteiger partial charge < -0.3 is 34.8 Å². The molecular formula is C9H14CuO8. The van der Waals surface area contributed by atoms with Gasteiger partial charge in [0.2, 0.25) is 0 Å². The molecule has 0 spiro atoms. The SMILES string of the molecule is CCCC(=O)OC.O=C([O-])C(O)C(O)C(=O)[O-].[Cu+2]. The molecule has 1 radical (unpaired) electrons. The van der Waals surface area contributed by atoms with Gasteiger partial charge in [-0.2, -0.15) is 0 Å². The van der Waals surface area contributed by atoms with Crippen molar-refractivity contribution in [3.05, 3.63) is 0 Å². The zero-order chi connectivity index (χ0) is 14.0. The average Bonchev–Trinajstić information content (AvgIpc) is 2.27. The van der Waals surface area contributed by atoms with Gasteiger partial charge >= 0.3 is 23.0 Å². The molecule has 0 amide bonds. The number of hydrogen-bond donors (Lipinski definition) is 2. The van der Waals surface area contributed by atoms with Gasteiger partial charge in [0.25, 0.3) is 0 Å². The van der Waals surface area contributed by atoms with E-state index in [0.29, 0.717) is 6.42 Å². The van der Waals surface area contributed by atoms with Crippen molar-refractivity contribution in [3.63, 3.8) is 0 Å². The Labute approximate surface area is 114 Å². The molecular weight excluding hydrogens is 300 g/mol. The minimum Gasteiger partial charge on any atom is -0.547 e.